The third-order valence-electron chi connectivity index (χ3n) is 5.81. The van der Waals surface area contributed by atoms with Gasteiger partial charge in [0.15, 0.2) is 6.29 Å². The number of urea groups is 1. The lowest BCUT2D eigenvalue weighted by Crippen LogP contribution is -2.55. The molecule has 3 N–H and O–H groups in total. The molecule has 0 bridgehead atoms. The Morgan fingerprint density at radius 3 is 2.24 bits per heavy atom. The van der Waals surface area contributed by atoms with Crippen LogP contribution >= 0.6 is 0 Å². The SMILES string of the molecule is CCNC(=O)NN(C)CC(=O)NC(C)C(=O)N(Cc1cccc2ccccc12)C(C)C(OCC)OCC. The van der Waals surface area contributed by atoms with E-state index in [9.17, 15) is 14.4 Å². The minimum absolute atomic E-state index is 0.117. The first kappa shape index (κ1) is 30.0. The van der Waals surface area contributed by atoms with Crippen molar-refractivity contribution in [3.05, 3.63) is 48.0 Å². The molecule has 0 aliphatic rings. The van der Waals surface area contributed by atoms with Gasteiger partial charge >= 0.3 is 6.03 Å². The Bertz CT molecular complexity index is 1020. The molecule has 0 saturated heterocycles. The van der Waals surface area contributed by atoms with Gasteiger partial charge in [-0.3, -0.25) is 15.0 Å². The van der Waals surface area contributed by atoms with Crippen LogP contribution < -0.4 is 16.1 Å². The van der Waals surface area contributed by atoms with E-state index in [4.69, 9.17) is 9.47 Å². The van der Waals surface area contributed by atoms with Crippen LogP contribution in [0.2, 0.25) is 0 Å². The molecule has 0 spiro atoms. The highest BCUT2D eigenvalue weighted by Gasteiger charge is 2.32. The summed E-state index contributed by atoms with van der Waals surface area (Å²) in [5, 5.41) is 8.83. The Morgan fingerprint density at radius 2 is 1.59 bits per heavy atom. The van der Waals surface area contributed by atoms with E-state index in [1.807, 2.05) is 63.2 Å². The average molecular weight is 516 g/mol. The van der Waals surface area contributed by atoms with Gasteiger partial charge in [0, 0.05) is 33.4 Å². The summed E-state index contributed by atoms with van der Waals surface area (Å²) in [5.74, 6) is -0.665. The summed E-state index contributed by atoms with van der Waals surface area (Å²) < 4.78 is 11.6. The van der Waals surface area contributed by atoms with Gasteiger partial charge < -0.3 is 25.0 Å². The van der Waals surface area contributed by atoms with Crippen molar-refractivity contribution in [2.75, 3.05) is 33.4 Å². The molecule has 0 aliphatic heterocycles. The zero-order chi connectivity index (χ0) is 27.4. The van der Waals surface area contributed by atoms with Gasteiger partial charge in [-0.15, -0.1) is 0 Å². The third-order valence-corrected chi connectivity index (χ3v) is 5.81. The lowest BCUT2D eigenvalue weighted by atomic mass is 10.0. The summed E-state index contributed by atoms with van der Waals surface area (Å²) in [6.07, 6.45) is -0.621. The molecule has 4 amide bonds. The van der Waals surface area contributed by atoms with Crippen LogP contribution in [0.5, 0.6) is 0 Å². The quantitative estimate of drug-likeness (QED) is 0.263. The molecule has 0 aliphatic carbocycles. The number of amides is 4. The van der Waals surface area contributed by atoms with Crippen LogP contribution in [-0.4, -0.2) is 79.5 Å². The molecule has 204 valence electrons. The Morgan fingerprint density at radius 1 is 0.946 bits per heavy atom. The Hall–Kier alpha value is -3.21. The monoisotopic (exact) mass is 515 g/mol. The van der Waals surface area contributed by atoms with Crippen LogP contribution in [0.4, 0.5) is 4.79 Å². The van der Waals surface area contributed by atoms with E-state index in [1.165, 1.54) is 5.01 Å². The van der Waals surface area contributed by atoms with E-state index in [0.29, 0.717) is 26.3 Å². The number of hydrogen-bond acceptors (Lipinski definition) is 6. The lowest BCUT2D eigenvalue weighted by molar-refractivity contribution is -0.179. The first-order valence-electron chi connectivity index (χ1n) is 12.8. The van der Waals surface area contributed by atoms with E-state index in [1.54, 1.807) is 25.8 Å². The van der Waals surface area contributed by atoms with E-state index in [0.717, 1.165) is 16.3 Å². The van der Waals surface area contributed by atoms with Gasteiger partial charge in [-0.25, -0.2) is 9.80 Å². The van der Waals surface area contributed by atoms with Gasteiger partial charge in [-0.2, -0.15) is 0 Å². The molecule has 37 heavy (non-hydrogen) atoms. The predicted molar refractivity (Wildman–Crippen MR) is 143 cm³/mol. The van der Waals surface area contributed by atoms with Crippen LogP contribution in [-0.2, 0) is 25.6 Å². The standard InChI is InChI=1S/C27H41N5O5/c1-7-28-27(35)30-31(6)18-24(33)29-19(4)25(34)32(20(5)26(36-8-2)37-9-3)17-22-15-12-14-21-13-10-11-16-23(21)22/h10-16,19-20,26H,7-9,17-18H2,1-6H3,(H,29,33)(H2,28,30,35). The number of nitrogens with zero attached hydrogens (tertiary/aromatic N) is 2. The molecule has 2 aromatic carbocycles. The molecule has 2 aromatic rings. The fraction of sp³-hybridized carbons (Fsp3) is 0.519. The molecule has 0 radical (unpaired) electrons. The van der Waals surface area contributed by atoms with Crippen molar-refractivity contribution < 1.29 is 23.9 Å². The molecular formula is C27H41N5O5. The van der Waals surface area contributed by atoms with Gasteiger partial charge in [0.25, 0.3) is 0 Å². The second-order valence-electron chi connectivity index (χ2n) is 8.74. The maximum atomic E-state index is 13.7. The van der Waals surface area contributed by atoms with E-state index in [-0.39, 0.29) is 12.5 Å². The third kappa shape index (κ3) is 8.99. The fourth-order valence-electron chi connectivity index (χ4n) is 4.06. The zero-order valence-corrected chi connectivity index (χ0v) is 22.7. The molecule has 10 nitrogen and oxygen atoms in total. The predicted octanol–water partition coefficient (Wildman–Crippen LogP) is 2.63. The number of hydrazine groups is 1. The van der Waals surface area contributed by atoms with Crippen molar-refractivity contribution in [2.45, 2.75) is 59.5 Å². The summed E-state index contributed by atoms with van der Waals surface area (Å²) in [7, 11) is 1.57. The van der Waals surface area contributed by atoms with E-state index in [2.05, 4.69) is 16.1 Å². The van der Waals surface area contributed by atoms with Crippen molar-refractivity contribution >= 4 is 28.6 Å². The summed E-state index contributed by atoms with van der Waals surface area (Å²) >= 11 is 0. The summed E-state index contributed by atoms with van der Waals surface area (Å²) in [6, 6.07) is 12.4. The number of hydrogen-bond donors (Lipinski definition) is 3. The van der Waals surface area contributed by atoms with Gasteiger partial charge in [0.05, 0.1) is 12.6 Å². The Kier molecular flexibility index (Phi) is 12.3. The van der Waals surface area contributed by atoms with Crippen LogP contribution in [0.3, 0.4) is 0 Å². The molecule has 2 rings (SSSR count). The Labute approximate surface area is 219 Å². The van der Waals surface area contributed by atoms with Crippen molar-refractivity contribution in [1.82, 2.24) is 26.0 Å². The van der Waals surface area contributed by atoms with Crippen molar-refractivity contribution in [2.24, 2.45) is 0 Å². The number of ether oxygens (including phenoxy) is 2. The fourth-order valence-corrected chi connectivity index (χ4v) is 4.06. The highest BCUT2D eigenvalue weighted by atomic mass is 16.7. The second-order valence-corrected chi connectivity index (χ2v) is 8.74. The maximum Gasteiger partial charge on any atom is 0.329 e. The summed E-state index contributed by atoms with van der Waals surface area (Å²) in [4.78, 5) is 39.7. The van der Waals surface area contributed by atoms with Gasteiger partial charge in [-0.05, 0) is 51.0 Å². The zero-order valence-electron chi connectivity index (χ0n) is 22.7. The molecule has 0 fully saturated rings. The number of carbonyl (C=O) groups is 3. The normalized spacial score (nSPS) is 12.9. The van der Waals surface area contributed by atoms with Crippen molar-refractivity contribution in [3.8, 4) is 0 Å². The minimum atomic E-state index is -0.813. The number of carbonyl (C=O) groups excluding carboxylic acids is 3. The highest BCUT2D eigenvalue weighted by Crippen LogP contribution is 2.23. The number of fused-ring (bicyclic) bond motifs is 1. The summed E-state index contributed by atoms with van der Waals surface area (Å²) in [5.41, 5.74) is 3.52. The van der Waals surface area contributed by atoms with E-state index < -0.39 is 30.3 Å². The average Bonchev–Trinajstić information content (AvgIpc) is 2.86. The topological polar surface area (TPSA) is 112 Å². The molecule has 2 atom stereocenters. The van der Waals surface area contributed by atoms with Crippen LogP contribution in [0, 0.1) is 0 Å². The Balaban J connectivity index is 2.23. The van der Waals surface area contributed by atoms with Crippen molar-refractivity contribution in [1.29, 1.82) is 0 Å². The van der Waals surface area contributed by atoms with Crippen LogP contribution in [0.1, 0.15) is 40.2 Å². The van der Waals surface area contributed by atoms with Crippen LogP contribution in [0.15, 0.2) is 42.5 Å². The largest absolute Gasteiger partial charge is 0.351 e. The highest BCUT2D eigenvalue weighted by molar-refractivity contribution is 5.89. The first-order chi connectivity index (χ1) is 17.7. The molecule has 2 unspecified atom stereocenters. The van der Waals surface area contributed by atoms with E-state index >= 15 is 0 Å². The molecule has 0 heterocycles. The minimum Gasteiger partial charge on any atom is -0.351 e. The smallest absolute Gasteiger partial charge is 0.329 e. The lowest BCUT2D eigenvalue weighted by Gasteiger charge is -2.36. The molecular weight excluding hydrogens is 474 g/mol. The van der Waals surface area contributed by atoms with Crippen molar-refractivity contribution in [3.63, 3.8) is 0 Å². The number of rotatable bonds is 14. The second kappa shape index (κ2) is 15.1. The first-order valence-corrected chi connectivity index (χ1v) is 12.8. The van der Waals surface area contributed by atoms with Gasteiger partial charge in [0.2, 0.25) is 11.8 Å². The van der Waals surface area contributed by atoms with Crippen LogP contribution in [0.25, 0.3) is 10.8 Å². The summed E-state index contributed by atoms with van der Waals surface area (Å²) in [6.45, 7) is 10.6. The number of nitrogens with one attached hydrogen (secondary N) is 3. The number of likely N-dealkylation sites (N-methyl/N-ethyl adjacent to an activating group) is 1. The van der Waals surface area contributed by atoms with Gasteiger partial charge in [0.1, 0.15) is 6.04 Å². The molecule has 0 aromatic heterocycles. The number of benzene rings is 2. The molecule has 0 saturated carbocycles. The molecule has 10 heteroatoms. The maximum absolute atomic E-state index is 13.7. The van der Waals surface area contributed by atoms with Gasteiger partial charge in [-0.1, -0.05) is 42.5 Å².